The van der Waals surface area contributed by atoms with Gasteiger partial charge in [0, 0.05) is 16.6 Å². The molecule has 3 aromatic carbocycles. The van der Waals surface area contributed by atoms with Gasteiger partial charge >= 0.3 is 5.97 Å². The molecule has 0 aliphatic heterocycles. The minimum atomic E-state index is -0.985. The molecule has 0 unspecified atom stereocenters. The minimum Gasteiger partial charge on any atom is -0.478 e. The van der Waals surface area contributed by atoms with Crippen LogP contribution in [0.5, 0.6) is 0 Å². The third kappa shape index (κ3) is 3.65. The van der Waals surface area contributed by atoms with Gasteiger partial charge in [-0.05, 0) is 49.2 Å². The van der Waals surface area contributed by atoms with Crippen LogP contribution in [0.25, 0.3) is 22.2 Å². The number of carbonyl (C=O) groups is 2. The highest BCUT2D eigenvalue weighted by molar-refractivity contribution is 6.13. The van der Waals surface area contributed by atoms with Crippen LogP contribution in [0.2, 0.25) is 0 Å². The number of anilines is 1. The summed E-state index contributed by atoms with van der Waals surface area (Å²) in [6.45, 7) is 3.92. The summed E-state index contributed by atoms with van der Waals surface area (Å²) >= 11 is 0. The van der Waals surface area contributed by atoms with E-state index in [4.69, 9.17) is 5.11 Å². The molecule has 1 amide bonds. The molecule has 0 fully saturated rings. The molecule has 30 heavy (non-hydrogen) atoms. The third-order valence-corrected chi connectivity index (χ3v) is 5.11. The summed E-state index contributed by atoms with van der Waals surface area (Å²) in [6.07, 6.45) is 0. The van der Waals surface area contributed by atoms with Gasteiger partial charge in [0.25, 0.3) is 5.91 Å². The molecule has 4 rings (SSSR count). The zero-order valence-electron chi connectivity index (χ0n) is 16.6. The number of carboxylic acid groups (broad SMARTS) is 1. The fraction of sp³-hybridized carbons (Fsp3) is 0.0800. The van der Waals surface area contributed by atoms with Crippen molar-refractivity contribution < 1.29 is 14.7 Å². The van der Waals surface area contributed by atoms with Gasteiger partial charge < -0.3 is 10.4 Å². The maximum absolute atomic E-state index is 13.2. The van der Waals surface area contributed by atoms with Crippen molar-refractivity contribution in [1.82, 2.24) is 4.98 Å². The normalized spacial score (nSPS) is 10.7. The standard InChI is InChI=1S/C25H20N2O3/c1-15-6-5-7-16(2)23(15)27-24(28)20-14-22(26-21-9-4-3-8-19(20)21)17-10-12-18(13-11-17)25(29)30/h3-14H,1-2H3,(H,27,28)(H,29,30). The van der Waals surface area contributed by atoms with E-state index in [9.17, 15) is 9.59 Å². The number of carboxylic acids is 1. The van der Waals surface area contributed by atoms with E-state index in [1.54, 1.807) is 18.2 Å². The van der Waals surface area contributed by atoms with E-state index in [1.165, 1.54) is 12.1 Å². The van der Waals surface area contributed by atoms with Gasteiger partial charge in [0.1, 0.15) is 0 Å². The number of nitrogens with zero attached hydrogens (tertiary/aromatic N) is 1. The quantitative estimate of drug-likeness (QED) is 0.479. The van der Waals surface area contributed by atoms with Crippen LogP contribution in [-0.4, -0.2) is 22.0 Å². The van der Waals surface area contributed by atoms with Crippen molar-refractivity contribution >= 4 is 28.5 Å². The number of para-hydroxylation sites is 2. The van der Waals surface area contributed by atoms with E-state index in [0.717, 1.165) is 27.8 Å². The van der Waals surface area contributed by atoms with E-state index >= 15 is 0 Å². The highest BCUT2D eigenvalue weighted by Crippen LogP contribution is 2.27. The van der Waals surface area contributed by atoms with Crippen LogP contribution in [0.15, 0.2) is 72.8 Å². The summed E-state index contributed by atoms with van der Waals surface area (Å²) in [5, 5.41) is 12.9. The maximum atomic E-state index is 13.2. The molecule has 0 aliphatic rings. The van der Waals surface area contributed by atoms with Crippen molar-refractivity contribution in [2.75, 3.05) is 5.32 Å². The van der Waals surface area contributed by atoms with Crippen LogP contribution in [-0.2, 0) is 0 Å². The molecule has 148 valence electrons. The van der Waals surface area contributed by atoms with Crippen molar-refractivity contribution in [1.29, 1.82) is 0 Å². The highest BCUT2D eigenvalue weighted by Gasteiger charge is 2.16. The Hall–Kier alpha value is -3.99. The topological polar surface area (TPSA) is 79.3 Å². The molecule has 0 atom stereocenters. The van der Waals surface area contributed by atoms with Gasteiger partial charge in [0.2, 0.25) is 0 Å². The number of rotatable bonds is 4. The molecule has 5 heteroatoms. The van der Waals surface area contributed by atoms with Gasteiger partial charge in [-0.1, -0.05) is 48.5 Å². The van der Waals surface area contributed by atoms with Gasteiger partial charge in [-0.25, -0.2) is 9.78 Å². The lowest BCUT2D eigenvalue weighted by atomic mass is 10.0. The molecule has 0 saturated heterocycles. The molecule has 1 heterocycles. The average Bonchev–Trinajstić information content (AvgIpc) is 2.75. The molecule has 5 nitrogen and oxygen atoms in total. The van der Waals surface area contributed by atoms with Gasteiger partial charge in [-0.2, -0.15) is 0 Å². The van der Waals surface area contributed by atoms with Crippen LogP contribution in [0.1, 0.15) is 31.8 Å². The SMILES string of the molecule is Cc1cccc(C)c1NC(=O)c1cc(-c2ccc(C(=O)O)cc2)nc2ccccc12. The first kappa shape index (κ1) is 19.3. The Morgan fingerprint density at radius 2 is 1.53 bits per heavy atom. The molecular formula is C25H20N2O3. The largest absolute Gasteiger partial charge is 0.478 e. The fourth-order valence-corrected chi connectivity index (χ4v) is 3.49. The third-order valence-electron chi connectivity index (χ3n) is 5.11. The summed E-state index contributed by atoms with van der Waals surface area (Å²) in [5.41, 5.74) is 5.55. The summed E-state index contributed by atoms with van der Waals surface area (Å²) in [5.74, 6) is -1.20. The van der Waals surface area contributed by atoms with Crippen molar-refractivity contribution in [3.8, 4) is 11.3 Å². The summed E-state index contributed by atoms with van der Waals surface area (Å²) in [6, 6.07) is 21.6. The van der Waals surface area contributed by atoms with Crippen molar-refractivity contribution in [3.63, 3.8) is 0 Å². The summed E-state index contributed by atoms with van der Waals surface area (Å²) in [7, 11) is 0. The van der Waals surface area contributed by atoms with E-state index in [0.29, 0.717) is 16.8 Å². The van der Waals surface area contributed by atoms with Gasteiger partial charge in [0.15, 0.2) is 0 Å². The summed E-state index contributed by atoms with van der Waals surface area (Å²) in [4.78, 5) is 29.0. The van der Waals surface area contributed by atoms with Crippen LogP contribution in [0.4, 0.5) is 5.69 Å². The van der Waals surface area contributed by atoms with Crippen LogP contribution in [0.3, 0.4) is 0 Å². The van der Waals surface area contributed by atoms with E-state index in [2.05, 4.69) is 10.3 Å². The highest BCUT2D eigenvalue weighted by atomic mass is 16.4. The Kier molecular flexibility index (Phi) is 5.02. The molecule has 1 aromatic heterocycles. The van der Waals surface area contributed by atoms with Crippen molar-refractivity contribution in [3.05, 3.63) is 95.1 Å². The first-order valence-corrected chi connectivity index (χ1v) is 9.55. The Labute approximate surface area is 174 Å². The van der Waals surface area contributed by atoms with Crippen molar-refractivity contribution in [2.45, 2.75) is 13.8 Å². The zero-order chi connectivity index (χ0) is 21.3. The maximum Gasteiger partial charge on any atom is 0.335 e. The second kappa shape index (κ2) is 7.79. The van der Waals surface area contributed by atoms with Gasteiger partial charge in [-0.3, -0.25) is 4.79 Å². The second-order valence-electron chi connectivity index (χ2n) is 7.18. The minimum absolute atomic E-state index is 0.201. The number of amides is 1. The first-order valence-electron chi connectivity index (χ1n) is 9.55. The molecule has 0 spiro atoms. The predicted octanol–water partition coefficient (Wildman–Crippen LogP) is 5.47. The monoisotopic (exact) mass is 396 g/mol. The molecule has 0 aliphatic carbocycles. The van der Waals surface area contributed by atoms with Crippen molar-refractivity contribution in [2.24, 2.45) is 0 Å². The molecule has 0 saturated carbocycles. The molecule has 2 N–H and O–H groups in total. The number of hydrogen-bond acceptors (Lipinski definition) is 3. The number of pyridine rings is 1. The molecule has 0 bridgehead atoms. The Balaban J connectivity index is 1.80. The Morgan fingerprint density at radius 1 is 0.867 bits per heavy atom. The smallest absolute Gasteiger partial charge is 0.335 e. The predicted molar refractivity (Wildman–Crippen MR) is 118 cm³/mol. The molecule has 0 radical (unpaired) electrons. The zero-order valence-corrected chi connectivity index (χ0v) is 16.6. The Bertz CT molecular complexity index is 1260. The first-order chi connectivity index (χ1) is 14.4. The lowest BCUT2D eigenvalue weighted by Gasteiger charge is -2.14. The fourth-order valence-electron chi connectivity index (χ4n) is 3.49. The lowest BCUT2D eigenvalue weighted by Crippen LogP contribution is -2.15. The van der Waals surface area contributed by atoms with Gasteiger partial charge in [0.05, 0.1) is 22.3 Å². The number of aryl methyl sites for hydroxylation is 2. The number of benzene rings is 3. The lowest BCUT2D eigenvalue weighted by molar-refractivity contribution is 0.0696. The second-order valence-corrected chi connectivity index (χ2v) is 7.18. The number of aromatic nitrogens is 1. The number of fused-ring (bicyclic) bond motifs is 1. The van der Waals surface area contributed by atoms with Gasteiger partial charge in [-0.15, -0.1) is 0 Å². The number of hydrogen-bond donors (Lipinski definition) is 2. The average molecular weight is 396 g/mol. The Morgan fingerprint density at radius 3 is 2.20 bits per heavy atom. The van der Waals surface area contributed by atoms with Crippen LogP contribution < -0.4 is 5.32 Å². The van der Waals surface area contributed by atoms with E-state index < -0.39 is 5.97 Å². The number of aromatic carboxylic acids is 1. The molecule has 4 aromatic rings. The van der Waals surface area contributed by atoms with E-state index in [1.807, 2.05) is 56.3 Å². The van der Waals surface area contributed by atoms with Crippen LogP contribution in [0, 0.1) is 13.8 Å². The van der Waals surface area contributed by atoms with Crippen LogP contribution >= 0.6 is 0 Å². The number of nitrogens with one attached hydrogen (secondary N) is 1. The van der Waals surface area contributed by atoms with E-state index in [-0.39, 0.29) is 11.5 Å². The summed E-state index contributed by atoms with van der Waals surface area (Å²) < 4.78 is 0. The molecular weight excluding hydrogens is 376 g/mol. The number of carbonyl (C=O) groups excluding carboxylic acids is 1.